The normalized spacial score (nSPS) is 11.6. The van der Waals surface area contributed by atoms with E-state index in [1.165, 1.54) is 5.39 Å². The van der Waals surface area contributed by atoms with E-state index in [1.807, 2.05) is 84.9 Å². The van der Waals surface area contributed by atoms with E-state index in [-0.39, 0.29) is 0 Å². The topological polar surface area (TPSA) is 77.8 Å². The average Bonchev–Trinajstić information content (AvgIpc) is 3.80. The van der Waals surface area contributed by atoms with Crippen molar-refractivity contribution in [2.75, 3.05) is 0 Å². The third-order valence-corrected chi connectivity index (χ3v) is 9.17. The van der Waals surface area contributed by atoms with E-state index in [4.69, 9.17) is 28.8 Å². The molecule has 0 aliphatic heterocycles. The van der Waals surface area contributed by atoms with Gasteiger partial charge in [0.1, 0.15) is 16.7 Å². The number of furan rings is 1. The summed E-state index contributed by atoms with van der Waals surface area (Å²) in [7, 11) is 0. The van der Waals surface area contributed by atoms with Gasteiger partial charge in [-0.3, -0.25) is 0 Å². The van der Waals surface area contributed by atoms with Gasteiger partial charge in [0.05, 0.1) is 5.39 Å². The molecule has 0 saturated heterocycles. The van der Waals surface area contributed by atoms with E-state index in [1.54, 1.807) is 0 Å². The van der Waals surface area contributed by atoms with Gasteiger partial charge < -0.3 is 8.83 Å². The van der Waals surface area contributed by atoms with Gasteiger partial charge in [0.25, 0.3) is 0 Å². The number of aromatic nitrogens is 4. The Kier molecular flexibility index (Phi) is 6.39. The summed E-state index contributed by atoms with van der Waals surface area (Å²) in [5.41, 5.74) is 8.80. The molecule has 0 atom stereocenters. The standard InChI is InChI=1S/C44H26N4O2/c1-3-11-29(12-4-1)41-46-42(48-43(47-41)33-23-18-27-10-7-8-15-32(27)26-33)30-21-19-28(20-22-30)34-16-9-17-35-38-36(49-40(34)35)24-25-37-39(38)45-44(50-37)31-13-5-2-6-14-31/h1-26H. The molecule has 6 heteroatoms. The summed E-state index contributed by atoms with van der Waals surface area (Å²) in [6.45, 7) is 0. The van der Waals surface area contributed by atoms with Crippen molar-refractivity contribution < 1.29 is 8.83 Å². The predicted molar refractivity (Wildman–Crippen MR) is 199 cm³/mol. The molecular formula is C44H26N4O2. The van der Waals surface area contributed by atoms with E-state index >= 15 is 0 Å². The number of hydrogen-bond acceptors (Lipinski definition) is 6. The predicted octanol–water partition coefficient (Wildman–Crippen LogP) is 11.4. The molecule has 0 radical (unpaired) electrons. The second-order valence-electron chi connectivity index (χ2n) is 12.3. The largest absolute Gasteiger partial charge is 0.455 e. The Labute approximate surface area is 286 Å². The third kappa shape index (κ3) is 4.73. The highest BCUT2D eigenvalue weighted by Crippen LogP contribution is 2.40. The minimum Gasteiger partial charge on any atom is -0.455 e. The molecule has 0 amide bonds. The summed E-state index contributed by atoms with van der Waals surface area (Å²) in [5, 5.41) is 4.25. The van der Waals surface area contributed by atoms with E-state index in [0.717, 1.165) is 71.8 Å². The van der Waals surface area contributed by atoms with Gasteiger partial charge >= 0.3 is 0 Å². The molecule has 50 heavy (non-hydrogen) atoms. The second kappa shape index (κ2) is 11.4. The van der Waals surface area contributed by atoms with Gasteiger partial charge in [-0.2, -0.15) is 0 Å². The highest BCUT2D eigenvalue weighted by molar-refractivity contribution is 6.19. The minimum atomic E-state index is 0.590. The molecule has 0 aliphatic carbocycles. The summed E-state index contributed by atoms with van der Waals surface area (Å²) in [4.78, 5) is 19.8. The van der Waals surface area contributed by atoms with Crippen LogP contribution < -0.4 is 0 Å². The molecule has 0 aliphatic rings. The zero-order valence-electron chi connectivity index (χ0n) is 26.6. The monoisotopic (exact) mass is 642 g/mol. The van der Waals surface area contributed by atoms with Crippen molar-refractivity contribution in [3.8, 4) is 56.7 Å². The summed E-state index contributed by atoms with van der Waals surface area (Å²) >= 11 is 0. The summed E-state index contributed by atoms with van der Waals surface area (Å²) in [6.07, 6.45) is 0. The van der Waals surface area contributed by atoms with E-state index in [0.29, 0.717) is 23.4 Å². The first-order valence-electron chi connectivity index (χ1n) is 16.5. The Balaban J connectivity index is 1.07. The average molecular weight is 643 g/mol. The summed E-state index contributed by atoms with van der Waals surface area (Å²) in [5.74, 6) is 2.46. The molecule has 0 unspecified atom stereocenters. The van der Waals surface area contributed by atoms with Gasteiger partial charge in [-0.25, -0.2) is 19.9 Å². The van der Waals surface area contributed by atoms with Crippen LogP contribution in [0.4, 0.5) is 0 Å². The molecule has 3 heterocycles. The lowest BCUT2D eigenvalue weighted by Crippen LogP contribution is -2.00. The van der Waals surface area contributed by atoms with Crippen molar-refractivity contribution in [2.24, 2.45) is 0 Å². The Morgan fingerprint density at radius 1 is 0.380 bits per heavy atom. The van der Waals surface area contributed by atoms with Gasteiger partial charge in [-0.05, 0) is 46.7 Å². The molecule has 10 aromatic rings. The first kappa shape index (κ1) is 28.1. The fourth-order valence-corrected chi connectivity index (χ4v) is 6.68. The van der Waals surface area contributed by atoms with Crippen molar-refractivity contribution in [2.45, 2.75) is 0 Å². The van der Waals surface area contributed by atoms with Gasteiger partial charge in [-0.15, -0.1) is 0 Å². The SMILES string of the molecule is c1ccc(-c2nc(-c3ccc(-c4cccc5c4oc4ccc6oc(-c7ccccc7)nc6c45)cc3)nc(-c3ccc4ccccc4c3)n2)cc1. The minimum absolute atomic E-state index is 0.590. The van der Waals surface area contributed by atoms with Crippen LogP contribution in [0.5, 0.6) is 0 Å². The lowest BCUT2D eigenvalue weighted by atomic mass is 10.0. The molecule has 0 fully saturated rings. The van der Waals surface area contributed by atoms with Crippen LogP contribution in [0.15, 0.2) is 167 Å². The Hall–Kier alpha value is -6.92. The van der Waals surface area contributed by atoms with Crippen molar-refractivity contribution in [3.05, 3.63) is 158 Å². The molecule has 234 valence electrons. The number of fused-ring (bicyclic) bond motifs is 6. The molecule has 10 rings (SSSR count). The van der Waals surface area contributed by atoms with Crippen LogP contribution in [0, 0.1) is 0 Å². The molecule has 7 aromatic carbocycles. The molecule has 6 nitrogen and oxygen atoms in total. The van der Waals surface area contributed by atoms with Crippen LogP contribution in [0.25, 0.3) is 101 Å². The van der Waals surface area contributed by atoms with Gasteiger partial charge in [0.2, 0.25) is 5.89 Å². The van der Waals surface area contributed by atoms with Crippen LogP contribution in [0.1, 0.15) is 0 Å². The summed E-state index contributed by atoms with van der Waals surface area (Å²) < 4.78 is 12.7. The lowest BCUT2D eigenvalue weighted by molar-refractivity contribution is 0.619. The molecular weight excluding hydrogens is 617 g/mol. The molecule has 0 spiro atoms. The molecule has 0 saturated carbocycles. The number of benzene rings is 7. The maximum absolute atomic E-state index is 6.52. The Morgan fingerprint density at radius 3 is 1.74 bits per heavy atom. The third-order valence-electron chi connectivity index (χ3n) is 9.17. The van der Waals surface area contributed by atoms with E-state index < -0.39 is 0 Å². The fourth-order valence-electron chi connectivity index (χ4n) is 6.68. The van der Waals surface area contributed by atoms with Crippen LogP contribution in [-0.4, -0.2) is 19.9 Å². The maximum atomic E-state index is 6.52. The van der Waals surface area contributed by atoms with Crippen molar-refractivity contribution in [1.29, 1.82) is 0 Å². The number of rotatable bonds is 5. The zero-order chi connectivity index (χ0) is 33.0. The van der Waals surface area contributed by atoms with Crippen molar-refractivity contribution >= 4 is 43.8 Å². The molecule has 0 N–H and O–H groups in total. The number of hydrogen-bond donors (Lipinski definition) is 0. The number of para-hydroxylation sites is 1. The second-order valence-corrected chi connectivity index (χ2v) is 12.3. The number of oxazole rings is 1. The van der Waals surface area contributed by atoms with Crippen LogP contribution >= 0.6 is 0 Å². The highest BCUT2D eigenvalue weighted by Gasteiger charge is 2.19. The highest BCUT2D eigenvalue weighted by atomic mass is 16.4. The molecule has 3 aromatic heterocycles. The van der Waals surface area contributed by atoms with Crippen LogP contribution in [0.3, 0.4) is 0 Å². The van der Waals surface area contributed by atoms with Crippen LogP contribution in [-0.2, 0) is 0 Å². The van der Waals surface area contributed by atoms with E-state index in [9.17, 15) is 0 Å². The number of nitrogens with zero attached hydrogens (tertiary/aromatic N) is 4. The lowest BCUT2D eigenvalue weighted by Gasteiger charge is -2.10. The van der Waals surface area contributed by atoms with Crippen molar-refractivity contribution in [1.82, 2.24) is 19.9 Å². The summed E-state index contributed by atoms with van der Waals surface area (Å²) in [6, 6.07) is 53.1. The first-order chi connectivity index (χ1) is 24.7. The van der Waals surface area contributed by atoms with E-state index in [2.05, 4.69) is 72.8 Å². The Bertz CT molecular complexity index is 2860. The smallest absolute Gasteiger partial charge is 0.227 e. The van der Waals surface area contributed by atoms with Crippen LogP contribution in [0.2, 0.25) is 0 Å². The van der Waals surface area contributed by atoms with Gasteiger partial charge in [-0.1, -0.05) is 127 Å². The first-order valence-corrected chi connectivity index (χ1v) is 16.5. The van der Waals surface area contributed by atoms with Gasteiger partial charge in [0, 0.05) is 33.2 Å². The van der Waals surface area contributed by atoms with Gasteiger partial charge in [0.15, 0.2) is 23.1 Å². The zero-order valence-corrected chi connectivity index (χ0v) is 26.6. The molecule has 0 bridgehead atoms. The maximum Gasteiger partial charge on any atom is 0.227 e. The fraction of sp³-hybridized carbons (Fsp3) is 0. The van der Waals surface area contributed by atoms with Crippen molar-refractivity contribution in [3.63, 3.8) is 0 Å². The Morgan fingerprint density at radius 2 is 0.980 bits per heavy atom. The quantitative estimate of drug-likeness (QED) is 0.186.